The van der Waals surface area contributed by atoms with E-state index in [1.165, 1.54) is 31.0 Å². The highest BCUT2D eigenvalue weighted by Crippen LogP contribution is 2.19. The molecule has 0 radical (unpaired) electrons. The summed E-state index contributed by atoms with van der Waals surface area (Å²) in [5.41, 5.74) is 1.58. The molecule has 0 spiro atoms. The molecule has 1 aromatic carbocycles. The lowest BCUT2D eigenvalue weighted by Crippen LogP contribution is -2.37. The number of carbonyl (C=O) groups is 2. The SMILES string of the molecule is Cc1ccccc1C(=O)NCc1nnc(SCC(=O)NC2CCCCC2)n1C. The smallest absolute Gasteiger partial charge is 0.251 e. The van der Waals surface area contributed by atoms with Gasteiger partial charge >= 0.3 is 0 Å². The van der Waals surface area contributed by atoms with Crippen LogP contribution >= 0.6 is 11.8 Å². The molecule has 150 valence electrons. The lowest BCUT2D eigenvalue weighted by molar-refractivity contribution is -0.119. The zero-order valence-corrected chi connectivity index (χ0v) is 17.2. The monoisotopic (exact) mass is 401 g/mol. The summed E-state index contributed by atoms with van der Waals surface area (Å²) < 4.78 is 1.82. The van der Waals surface area contributed by atoms with Crippen molar-refractivity contribution >= 4 is 23.6 Å². The minimum atomic E-state index is -0.137. The van der Waals surface area contributed by atoms with E-state index in [2.05, 4.69) is 20.8 Å². The van der Waals surface area contributed by atoms with Crippen LogP contribution in [0.1, 0.15) is 53.8 Å². The molecule has 2 amide bonds. The van der Waals surface area contributed by atoms with Crippen LogP contribution in [0.3, 0.4) is 0 Å². The normalized spacial score (nSPS) is 14.6. The summed E-state index contributed by atoms with van der Waals surface area (Å²) in [6.45, 7) is 2.19. The third-order valence-corrected chi connectivity index (χ3v) is 6.04. The summed E-state index contributed by atoms with van der Waals surface area (Å²) in [6, 6.07) is 7.77. The predicted molar refractivity (Wildman–Crippen MR) is 109 cm³/mol. The summed E-state index contributed by atoms with van der Waals surface area (Å²) in [5.74, 6) is 0.867. The topological polar surface area (TPSA) is 88.9 Å². The average Bonchev–Trinajstić information content (AvgIpc) is 3.05. The average molecular weight is 402 g/mol. The zero-order valence-electron chi connectivity index (χ0n) is 16.4. The molecule has 2 aromatic rings. The van der Waals surface area contributed by atoms with E-state index in [4.69, 9.17) is 0 Å². The molecule has 0 atom stereocenters. The maximum Gasteiger partial charge on any atom is 0.251 e. The van der Waals surface area contributed by atoms with E-state index in [0.29, 0.717) is 28.3 Å². The Labute approximate surface area is 169 Å². The number of nitrogens with one attached hydrogen (secondary N) is 2. The number of aryl methyl sites for hydroxylation is 1. The first-order valence-corrected chi connectivity index (χ1v) is 10.7. The van der Waals surface area contributed by atoms with Crippen molar-refractivity contribution in [3.63, 3.8) is 0 Å². The molecule has 1 aromatic heterocycles. The van der Waals surface area contributed by atoms with Crippen LogP contribution in [-0.4, -0.2) is 38.4 Å². The Bertz CT molecular complexity index is 830. The van der Waals surface area contributed by atoms with Gasteiger partial charge in [0.2, 0.25) is 5.91 Å². The molecule has 0 bridgehead atoms. The van der Waals surface area contributed by atoms with Gasteiger partial charge in [0.25, 0.3) is 5.91 Å². The number of nitrogens with zero attached hydrogens (tertiary/aromatic N) is 3. The first-order chi connectivity index (χ1) is 13.5. The minimum absolute atomic E-state index is 0.0364. The number of thioether (sulfide) groups is 1. The van der Waals surface area contributed by atoms with Crippen molar-refractivity contribution in [2.45, 2.75) is 56.8 Å². The molecule has 1 heterocycles. The summed E-state index contributed by atoms with van der Waals surface area (Å²) in [5, 5.41) is 14.9. The first-order valence-electron chi connectivity index (χ1n) is 9.69. The fourth-order valence-electron chi connectivity index (χ4n) is 3.35. The Morgan fingerprint density at radius 1 is 1.18 bits per heavy atom. The molecule has 3 rings (SSSR count). The molecule has 28 heavy (non-hydrogen) atoms. The largest absolute Gasteiger partial charge is 0.353 e. The lowest BCUT2D eigenvalue weighted by Gasteiger charge is -2.22. The molecule has 1 saturated carbocycles. The second-order valence-corrected chi connectivity index (χ2v) is 8.09. The number of hydrogen-bond acceptors (Lipinski definition) is 5. The van der Waals surface area contributed by atoms with Gasteiger partial charge in [-0.1, -0.05) is 49.2 Å². The number of rotatable bonds is 7. The maximum atomic E-state index is 12.3. The van der Waals surface area contributed by atoms with Crippen molar-refractivity contribution in [2.75, 3.05) is 5.75 Å². The van der Waals surface area contributed by atoms with E-state index in [-0.39, 0.29) is 18.4 Å². The van der Waals surface area contributed by atoms with Crippen LogP contribution < -0.4 is 10.6 Å². The van der Waals surface area contributed by atoms with E-state index >= 15 is 0 Å². The summed E-state index contributed by atoms with van der Waals surface area (Å²) >= 11 is 1.36. The van der Waals surface area contributed by atoms with Gasteiger partial charge in [-0.05, 0) is 31.4 Å². The molecular weight excluding hydrogens is 374 g/mol. The molecule has 8 heteroatoms. The predicted octanol–water partition coefficient (Wildman–Crippen LogP) is 2.59. The van der Waals surface area contributed by atoms with E-state index in [9.17, 15) is 9.59 Å². The third-order valence-electron chi connectivity index (χ3n) is 5.02. The summed E-state index contributed by atoms with van der Waals surface area (Å²) in [4.78, 5) is 24.5. The van der Waals surface area contributed by atoms with Crippen molar-refractivity contribution in [3.8, 4) is 0 Å². The maximum absolute atomic E-state index is 12.3. The highest BCUT2D eigenvalue weighted by Gasteiger charge is 2.17. The summed E-state index contributed by atoms with van der Waals surface area (Å²) in [7, 11) is 1.84. The van der Waals surface area contributed by atoms with Gasteiger partial charge in [0, 0.05) is 18.7 Å². The Morgan fingerprint density at radius 3 is 2.68 bits per heavy atom. The standard InChI is InChI=1S/C20H27N5O2S/c1-14-8-6-7-11-16(14)19(27)21-12-17-23-24-20(25(17)2)28-13-18(26)22-15-9-4-3-5-10-15/h6-8,11,15H,3-5,9-10,12-13H2,1-2H3,(H,21,27)(H,22,26). The van der Waals surface area contributed by atoms with Gasteiger partial charge in [-0.3, -0.25) is 9.59 Å². The van der Waals surface area contributed by atoms with Crippen molar-refractivity contribution in [3.05, 3.63) is 41.2 Å². The Morgan fingerprint density at radius 2 is 1.93 bits per heavy atom. The Balaban J connectivity index is 1.48. The van der Waals surface area contributed by atoms with Crippen LogP contribution in [0.15, 0.2) is 29.4 Å². The van der Waals surface area contributed by atoms with Crippen molar-refractivity contribution in [1.82, 2.24) is 25.4 Å². The molecule has 2 N–H and O–H groups in total. The molecule has 7 nitrogen and oxygen atoms in total. The second-order valence-electron chi connectivity index (χ2n) is 7.15. The van der Waals surface area contributed by atoms with Crippen LogP contribution in [0.25, 0.3) is 0 Å². The second kappa shape index (κ2) is 9.73. The fraction of sp³-hybridized carbons (Fsp3) is 0.500. The van der Waals surface area contributed by atoms with Crippen LogP contribution in [0.5, 0.6) is 0 Å². The van der Waals surface area contributed by atoms with Gasteiger partial charge in [0.1, 0.15) is 0 Å². The fourth-order valence-corrected chi connectivity index (χ4v) is 4.09. The van der Waals surface area contributed by atoms with Gasteiger partial charge in [-0.25, -0.2) is 0 Å². The number of carbonyl (C=O) groups excluding carboxylic acids is 2. The van der Waals surface area contributed by atoms with Gasteiger partial charge in [-0.2, -0.15) is 0 Å². The number of amides is 2. The Hall–Kier alpha value is -2.35. The van der Waals surface area contributed by atoms with Crippen LogP contribution in [-0.2, 0) is 18.4 Å². The van der Waals surface area contributed by atoms with E-state index in [1.807, 2.05) is 36.7 Å². The van der Waals surface area contributed by atoms with E-state index in [1.54, 1.807) is 6.07 Å². The van der Waals surface area contributed by atoms with Crippen LogP contribution in [0, 0.1) is 6.92 Å². The number of benzene rings is 1. The lowest BCUT2D eigenvalue weighted by atomic mass is 9.95. The van der Waals surface area contributed by atoms with Gasteiger partial charge < -0.3 is 15.2 Å². The van der Waals surface area contributed by atoms with Crippen molar-refractivity contribution in [2.24, 2.45) is 7.05 Å². The van der Waals surface area contributed by atoms with Gasteiger partial charge in [0.05, 0.1) is 12.3 Å². The van der Waals surface area contributed by atoms with Crippen molar-refractivity contribution in [1.29, 1.82) is 0 Å². The molecule has 1 fully saturated rings. The molecule has 1 aliphatic rings. The minimum Gasteiger partial charge on any atom is -0.353 e. The van der Waals surface area contributed by atoms with Crippen molar-refractivity contribution < 1.29 is 9.59 Å². The first kappa shape index (κ1) is 20.4. The quantitative estimate of drug-likeness (QED) is 0.696. The van der Waals surface area contributed by atoms with Gasteiger partial charge in [0.15, 0.2) is 11.0 Å². The molecular formula is C20H27N5O2S. The number of hydrogen-bond donors (Lipinski definition) is 2. The van der Waals surface area contributed by atoms with Gasteiger partial charge in [-0.15, -0.1) is 10.2 Å². The zero-order chi connectivity index (χ0) is 19.9. The van der Waals surface area contributed by atoms with E-state index < -0.39 is 0 Å². The highest BCUT2D eigenvalue weighted by molar-refractivity contribution is 7.99. The molecule has 0 saturated heterocycles. The Kier molecular flexibility index (Phi) is 7.08. The molecule has 0 unspecified atom stereocenters. The van der Waals surface area contributed by atoms with Crippen LogP contribution in [0.2, 0.25) is 0 Å². The summed E-state index contributed by atoms with van der Waals surface area (Å²) in [6.07, 6.45) is 5.80. The highest BCUT2D eigenvalue weighted by atomic mass is 32.2. The van der Waals surface area contributed by atoms with Crippen LogP contribution in [0.4, 0.5) is 0 Å². The van der Waals surface area contributed by atoms with E-state index in [0.717, 1.165) is 18.4 Å². The number of aromatic nitrogens is 3. The molecule has 1 aliphatic carbocycles. The third kappa shape index (κ3) is 5.34. The molecule has 0 aliphatic heterocycles.